The second kappa shape index (κ2) is 2.63. The molecule has 12 heavy (non-hydrogen) atoms. The lowest BCUT2D eigenvalue weighted by Crippen LogP contribution is -2.19. The highest BCUT2D eigenvalue weighted by molar-refractivity contribution is 5.73. The van der Waals surface area contributed by atoms with E-state index in [9.17, 15) is 4.79 Å². The van der Waals surface area contributed by atoms with Crippen molar-refractivity contribution in [3.8, 4) is 0 Å². The van der Waals surface area contributed by atoms with Crippen LogP contribution in [0.25, 0.3) is 0 Å². The highest BCUT2D eigenvalue weighted by Crippen LogP contribution is 2.34. The second-order valence-corrected chi connectivity index (χ2v) is 3.18. The molecule has 0 aliphatic carbocycles. The third-order valence-electron chi connectivity index (χ3n) is 2.46. The summed E-state index contributed by atoms with van der Waals surface area (Å²) in [5, 5.41) is 3.17. The van der Waals surface area contributed by atoms with Gasteiger partial charge < -0.3 is 10.1 Å². The first-order chi connectivity index (χ1) is 5.83. The van der Waals surface area contributed by atoms with E-state index in [1.807, 2.05) is 18.2 Å². The molecule has 1 aliphatic heterocycles. The van der Waals surface area contributed by atoms with Crippen LogP contribution in [0.1, 0.15) is 18.4 Å². The fourth-order valence-corrected chi connectivity index (χ4v) is 1.68. The lowest BCUT2D eigenvalue weighted by Gasteiger charge is -2.06. The number of aldehydes is 1. The first-order valence-corrected chi connectivity index (χ1v) is 4.13. The average molecular weight is 161 g/mol. The summed E-state index contributed by atoms with van der Waals surface area (Å²) in [5.41, 5.74) is 2.34. The van der Waals surface area contributed by atoms with Gasteiger partial charge in [-0.3, -0.25) is 0 Å². The first-order valence-electron chi connectivity index (χ1n) is 4.13. The number of hydrogen-bond donors (Lipinski definition) is 1. The minimum atomic E-state index is -0.0394. The molecule has 0 radical (unpaired) electrons. The number of rotatable bonds is 1. The number of fused-ring (bicyclic) bond motifs is 1. The summed E-state index contributed by atoms with van der Waals surface area (Å²) < 4.78 is 0. The third-order valence-corrected chi connectivity index (χ3v) is 2.46. The zero-order valence-electron chi connectivity index (χ0n) is 6.95. The Bertz CT molecular complexity index is 308. The summed E-state index contributed by atoms with van der Waals surface area (Å²) >= 11 is 0. The van der Waals surface area contributed by atoms with Crippen LogP contribution in [0.2, 0.25) is 0 Å². The normalized spacial score (nSPS) is 26.1. The standard InChI is InChI=1S/C10H11NO/c1-7-8-4-2-3-5-9(8)11-10(7)6-12/h2-7,10-11H,1H3. The molecule has 1 aromatic carbocycles. The molecule has 0 spiro atoms. The van der Waals surface area contributed by atoms with Crippen molar-refractivity contribution in [2.45, 2.75) is 18.9 Å². The number of hydrogen-bond acceptors (Lipinski definition) is 2. The Morgan fingerprint density at radius 3 is 2.83 bits per heavy atom. The number of nitrogens with one attached hydrogen (secondary N) is 1. The predicted octanol–water partition coefficient (Wildman–Crippen LogP) is 1.78. The summed E-state index contributed by atoms with van der Waals surface area (Å²) in [6, 6.07) is 8.02. The van der Waals surface area contributed by atoms with Crippen LogP contribution >= 0.6 is 0 Å². The fraction of sp³-hybridized carbons (Fsp3) is 0.300. The summed E-state index contributed by atoms with van der Waals surface area (Å²) in [5.74, 6) is 0.304. The largest absolute Gasteiger partial charge is 0.375 e. The maximum Gasteiger partial charge on any atom is 0.142 e. The fourth-order valence-electron chi connectivity index (χ4n) is 1.68. The van der Waals surface area contributed by atoms with Gasteiger partial charge in [0.2, 0.25) is 0 Å². The van der Waals surface area contributed by atoms with Gasteiger partial charge in [-0.15, -0.1) is 0 Å². The van der Waals surface area contributed by atoms with Crippen molar-refractivity contribution >= 4 is 12.0 Å². The van der Waals surface area contributed by atoms with Crippen molar-refractivity contribution in [1.29, 1.82) is 0 Å². The van der Waals surface area contributed by atoms with Gasteiger partial charge in [0.25, 0.3) is 0 Å². The highest BCUT2D eigenvalue weighted by atomic mass is 16.1. The molecule has 0 amide bonds. The average Bonchev–Trinajstić information content (AvgIpc) is 2.44. The molecule has 1 aliphatic rings. The molecule has 0 fully saturated rings. The van der Waals surface area contributed by atoms with Gasteiger partial charge in [0.05, 0.1) is 6.04 Å². The van der Waals surface area contributed by atoms with Crippen LogP contribution in [0.5, 0.6) is 0 Å². The van der Waals surface area contributed by atoms with E-state index in [-0.39, 0.29) is 6.04 Å². The van der Waals surface area contributed by atoms with Crippen molar-refractivity contribution < 1.29 is 4.79 Å². The zero-order valence-corrected chi connectivity index (χ0v) is 6.95. The Labute approximate surface area is 71.6 Å². The van der Waals surface area contributed by atoms with E-state index in [2.05, 4.69) is 18.3 Å². The maximum atomic E-state index is 10.6. The third kappa shape index (κ3) is 0.916. The zero-order chi connectivity index (χ0) is 8.55. The van der Waals surface area contributed by atoms with E-state index < -0.39 is 0 Å². The Morgan fingerprint density at radius 2 is 2.17 bits per heavy atom. The quantitative estimate of drug-likeness (QED) is 0.636. The SMILES string of the molecule is CC1c2ccccc2NC1C=O. The van der Waals surface area contributed by atoms with Crippen LogP contribution in [0.3, 0.4) is 0 Å². The topological polar surface area (TPSA) is 29.1 Å². The van der Waals surface area contributed by atoms with E-state index in [4.69, 9.17) is 0 Å². The predicted molar refractivity (Wildman–Crippen MR) is 48.3 cm³/mol. The van der Waals surface area contributed by atoms with Gasteiger partial charge in [-0.05, 0) is 11.6 Å². The Morgan fingerprint density at radius 1 is 1.42 bits per heavy atom. The van der Waals surface area contributed by atoms with Gasteiger partial charge >= 0.3 is 0 Å². The molecule has 1 aromatic rings. The number of carbonyl (C=O) groups is 1. The summed E-state index contributed by atoms with van der Waals surface area (Å²) in [6.45, 7) is 2.07. The molecule has 62 valence electrons. The summed E-state index contributed by atoms with van der Waals surface area (Å²) in [7, 11) is 0. The van der Waals surface area contributed by atoms with E-state index in [0.29, 0.717) is 5.92 Å². The number of para-hydroxylation sites is 1. The maximum absolute atomic E-state index is 10.6. The summed E-state index contributed by atoms with van der Waals surface area (Å²) in [4.78, 5) is 10.6. The number of carbonyl (C=O) groups excluding carboxylic acids is 1. The number of anilines is 1. The Balaban J connectivity index is 2.41. The van der Waals surface area contributed by atoms with Crippen molar-refractivity contribution in [2.24, 2.45) is 0 Å². The second-order valence-electron chi connectivity index (χ2n) is 3.18. The molecule has 0 bridgehead atoms. The monoisotopic (exact) mass is 161 g/mol. The van der Waals surface area contributed by atoms with Crippen LogP contribution in [0.4, 0.5) is 5.69 Å². The minimum absolute atomic E-state index is 0.0394. The Hall–Kier alpha value is -1.31. The van der Waals surface area contributed by atoms with Gasteiger partial charge in [0.1, 0.15) is 6.29 Å². The molecule has 2 rings (SSSR count). The lowest BCUT2D eigenvalue weighted by atomic mass is 9.98. The van der Waals surface area contributed by atoms with Crippen molar-refractivity contribution in [3.63, 3.8) is 0 Å². The van der Waals surface area contributed by atoms with Crippen LogP contribution in [0, 0.1) is 0 Å². The van der Waals surface area contributed by atoms with Crippen molar-refractivity contribution in [3.05, 3.63) is 29.8 Å². The van der Waals surface area contributed by atoms with Crippen LogP contribution in [-0.2, 0) is 4.79 Å². The molecule has 2 heteroatoms. The molecule has 0 saturated carbocycles. The van der Waals surface area contributed by atoms with E-state index in [0.717, 1.165) is 12.0 Å². The summed E-state index contributed by atoms with van der Waals surface area (Å²) in [6.07, 6.45) is 0.977. The van der Waals surface area contributed by atoms with Gasteiger partial charge in [0.15, 0.2) is 0 Å². The van der Waals surface area contributed by atoms with Crippen LogP contribution in [-0.4, -0.2) is 12.3 Å². The Kier molecular flexibility index (Phi) is 1.61. The number of benzene rings is 1. The van der Waals surface area contributed by atoms with Gasteiger partial charge in [-0.1, -0.05) is 25.1 Å². The molecular weight excluding hydrogens is 150 g/mol. The molecule has 1 heterocycles. The van der Waals surface area contributed by atoms with E-state index >= 15 is 0 Å². The van der Waals surface area contributed by atoms with Crippen LogP contribution in [0.15, 0.2) is 24.3 Å². The lowest BCUT2D eigenvalue weighted by molar-refractivity contribution is -0.108. The van der Waals surface area contributed by atoms with Gasteiger partial charge in [0, 0.05) is 11.6 Å². The minimum Gasteiger partial charge on any atom is -0.375 e. The molecule has 2 nitrogen and oxygen atoms in total. The van der Waals surface area contributed by atoms with Gasteiger partial charge in [-0.25, -0.2) is 0 Å². The van der Waals surface area contributed by atoms with E-state index in [1.165, 1.54) is 5.56 Å². The van der Waals surface area contributed by atoms with Gasteiger partial charge in [-0.2, -0.15) is 0 Å². The first kappa shape index (κ1) is 7.35. The molecular formula is C10H11NO. The molecule has 2 atom stereocenters. The van der Waals surface area contributed by atoms with Crippen molar-refractivity contribution in [2.75, 3.05) is 5.32 Å². The molecule has 1 N–H and O–H groups in total. The molecule has 0 saturated heterocycles. The highest BCUT2D eigenvalue weighted by Gasteiger charge is 2.27. The van der Waals surface area contributed by atoms with Crippen molar-refractivity contribution in [1.82, 2.24) is 0 Å². The van der Waals surface area contributed by atoms with E-state index in [1.54, 1.807) is 0 Å². The molecule has 0 aromatic heterocycles. The molecule has 2 unspecified atom stereocenters. The smallest absolute Gasteiger partial charge is 0.142 e. The van der Waals surface area contributed by atoms with Crippen LogP contribution < -0.4 is 5.32 Å².